The predicted octanol–water partition coefficient (Wildman–Crippen LogP) is 0.313. The molecule has 0 aromatic rings. The van der Waals surface area contributed by atoms with Crippen molar-refractivity contribution in [2.75, 3.05) is 26.2 Å². The van der Waals surface area contributed by atoms with Crippen molar-refractivity contribution >= 4 is 5.91 Å². The first-order valence-electron chi connectivity index (χ1n) is 4.85. The van der Waals surface area contributed by atoms with Gasteiger partial charge in [0.15, 0.2) is 0 Å². The van der Waals surface area contributed by atoms with Gasteiger partial charge in [-0.2, -0.15) is 0 Å². The van der Waals surface area contributed by atoms with E-state index in [-0.39, 0.29) is 6.04 Å². The average molecular weight is 168 g/mol. The van der Waals surface area contributed by atoms with Crippen molar-refractivity contribution in [1.29, 1.82) is 0 Å². The Morgan fingerprint density at radius 1 is 1.42 bits per heavy atom. The second kappa shape index (κ2) is 3.05. The van der Waals surface area contributed by atoms with Gasteiger partial charge in [-0.1, -0.05) is 6.92 Å². The SMILES string of the molecule is CCN1CCC1C(=O)N1CCC1. The van der Waals surface area contributed by atoms with Crippen LogP contribution in [0, 0.1) is 0 Å². The Labute approximate surface area is 73.3 Å². The number of amides is 1. The molecule has 0 spiro atoms. The van der Waals surface area contributed by atoms with Crippen molar-refractivity contribution in [3.63, 3.8) is 0 Å². The van der Waals surface area contributed by atoms with Crippen molar-refractivity contribution in [2.24, 2.45) is 0 Å². The summed E-state index contributed by atoms with van der Waals surface area (Å²) in [6, 6.07) is 0.232. The van der Waals surface area contributed by atoms with Gasteiger partial charge in [0.05, 0.1) is 6.04 Å². The third-order valence-electron chi connectivity index (χ3n) is 2.99. The summed E-state index contributed by atoms with van der Waals surface area (Å²) < 4.78 is 0. The number of likely N-dealkylation sites (N-methyl/N-ethyl adjacent to an activating group) is 1. The summed E-state index contributed by atoms with van der Waals surface area (Å²) in [5.41, 5.74) is 0. The lowest BCUT2D eigenvalue weighted by molar-refractivity contribution is -0.145. The van der Waals surface area contributed by atoms with Crippen molar-refractivity contribution < 1.29 is 4.79 Å². The van der Waals surface area contributed by atoms with Gasteiger partial charge in [0.1, 0.15) is 0 Å². The Morgan fingerprint density at radius 3 is 2.50 bits per heavy atom. The zero-order valence-electron chi connectivity index (χ0n) is 7.62. The first kappa shape index (κ1) is 8.05. The number of hydrogen-bond acceptors (Lipinski definition) is 2. The standard InChI is InChI=1S/C9H16N2O/c1-2-10-7-4-8(10)9(12)11-5-3-6-11/h8H,2-7H2,1H3. The number of carbonyl (C=O) groups excluding carboxylic acids is 1. The van der Waals surface area contributed by atoms with E-state index in [1.165, 1.54) is 6.42 Å². The lowest BCUT2D eigenvalue weighted by Crippen LogP contribution is -2.59. The minimum Gasteiger partial charge on any atom is -0.341 e. The second-order valence-electron chi connectivity index (χ2n) is 3.61. The fraction of sp³-hybridized carbons (Fsp3) is 0.889. The molecule has 0 aromatic carbocycles. The molecule has 0 N–H and O–H groups in total. The van der Waals surface area contributed by atoms with Gasteiger partial charge in [-0.25, -0.2) is 0 Å². The summed E-state index contributed by atoms with van der Waals surface area (Å²) in [5.74, 6) is 0.370. The van der Waals surface area contributed by atoms with Crippen LogP contribution in [-0.4, -0.2) is 47.9 Å². The smallest absolute Gasteiger partial charge is 0.239 e. The Balaban J connectivity index is 1.86. The summed E-state index contributed by atoms with van der Waals surface area (Å²) >= 11 is 0. The number of carbonyl (C=O) groups is 1. The molecule has 1 amide bonds. The normalized spacial score (nSPS) is 29.4. The Hall–Kier alpha value is -0.570. The van der Waals surface area contributed by atoms with Crippen molar-refractivity contribution in [2.45, 2.75) is 25.8 Å². The Kier molecular flexibility index (Phi) is 2.05. The van der Waals surface area contributed by atoms with Gasteiger partial charge in [-0.15, -0.1) is 0 Å². The fourth-order valence-electron chi connectivity index (χ4n) is 1.85. The van der Waals surface area contributed by atoms with Gasteiger partial charge in [-0.05, 0) is 19.4 Å². The molecule has 0 saturated carbocycles. The van der Waals surface area contributed by atoms with Crippen molar-refractivity contribution in [3.8, 4) is 0 Å². The summed E-state index contributed by atoms with van der Waals surface area (Å²) in [4.78, 5) is 15.9. The minimum atomic E-state index is 0.232. The number of nitrogens with zero attached hydrogens (tertiary/aromatic N) is 2. The number of likely N-dealkylation sites (tertiary alicyclic amines) is 2. The molecule has 12 heavy (non-hydrogen) atoms. The van der Waals surface area contributed by atoms with Crippen LogP contribution in [0.25, 0.3) is 0 Å². The van der Waals surface area contributed by atoms with E-state index < -0.39 is 0 Å². The molecule has 0 aromatic heterocycles. The second-order valence-corrected chi connectivity index (χ2v) is 3.61. The number of rotatable bonds is 2. The molecule has 1 unspecified atom stereocenters. The zero-order valence-corrected chi connectivity index (χ0v) is 7.62. The highest BCUT2D eigenvalue weighted by Gasteiger charge is 2.36. The molecule has 1 atom stereocenters. The zero-order chi connectivity index (χ0) is 8.55. The lowest BCUT2D eigenvalue weighted by Gasteiger charge is -2.43. The van der Waals surface area contributed by atoms with Crippen molar-refractivity contribution in [1.82, 2.24) is 9.80 Å². The molecule has 2 fully saturated rings. The molecule has 0 radical (unpaired) electrons. The van der Waals surface area contributed by atoms with E-state index in [0.717, 1.165) is 32.6 Å². The fourth-order valence-corrected chi connectivity index (χ4v) is 1.85. The minimum absolute atomic E-state index is 0.232. The van der Waals surface area contributed by atoms with E-state index in [0.29, 0.717) is 5.91 Å². The van der Waals surface area contributed by atoms with Crippen LogP contribution >= 0.6 is 0 Å². The average Bonchev–Trinajstić information content (AvgIpc) is 1.80. The number of hydrogen-bond donors (Lipinski definition) is 0. The monoisotopic (exact) mass is 168 g/mol. The van der Waals surface area contributed by atoms with Crippen LogP contribution in [0.15, 0.2) is 0 Å². The third kappa shape index (κ3) is 1.12. The molecule has 2 aliphatic heterocycles. The maximum absolute atomic E-state index is 11.7. The van der Waals surface area contributed by atoms with Gasteiger partial charge >= 0.3 is 0 Å². The van der Waals surface area contributed by atoms with Gasteiger partial charge in [0.2, 0.25) is 5.91 Å². The van der Waals surface area contributed by atoms with E-state index >= 15 is 0 Å². The molecular formula is C9H16N2O. The molecule has 2 rings (SSSR count). The first-order chi connectivity index (χ1) is 5.83. The third-order valence-corrected chi connectivity index (χ3v) is 2.99. The first-order valence-corrected chi connectivity index (χ1v) is 4.85. The van der Waals surface area contributed by atoms with Gasteiger partial charge in [-0.3, -0.25) is 9.69 Å². The molecule has 3 heteroatoms. The van der Waals surface area contributed by atoms with E-state index in [1.54, 1.807) is 0 Å². The van der Waals surface area contributed by atoms with Crippen LogP contribution in [0.2, 0.25) is 0 Å². The van der Waals surface area contributed by atoms with Crippen LogP contribution in [0.3, 0.4) is 0 Å². The van der Waals surface area contributed by atoms with Gasteiger partial charge < -0.3 is 4.90 Å². The molecule has 2 heterocycles. The highest BCUT2D eigenvalue weighted by atomic mass is 16.2. The molecular weight excluding hydrogens is 152 g/mol. The Bertz CT molecular complexity index is 187. The van der Waals surface area contributed by atoms with E-state index in [4.69, 9.17) is 0 Å². The lowest BCUT2D eigenvalue weighted by atomic mass is 10.0. The summed E-state index contributed by atoms with van der Waals surface area (Å²) in [5, 5.41) is 0. The summed E-state index contributed by atoms with van der Waals surface area (Å²) in [6.45, 7) is 6.24. The molecule has 0 aliphatic carbocycles. The molecule has 0 bridgehead atoms. The molecule has 2 saturated heterocycles. The van der Waals surface area contributed by atoms with Crippen LogP contribution < -0.4 is 0 Å². The largest absolute Gasteiger partial charge is 0.341 e. The van der Waals surface area contributed by atoms with E-state index in [2.05, 4.69) is 11.8 Å². The molecule has 68 valence electrons. The highest BCUT2D eigenvalue weighted by Crippen LogP contribution is 2.21. The Morgan fingerprint density at radius 2 is 2.17 bits per heavy atom. The van der Waals surface area contributed by atoms with Gasteiger partial charge in [0.25, 0.3) is 0 Å². The van der Waals surface area contributed by atoms with Crippen LogP contribution in [0.5, 0.6) is 0 Å². The topological polar surface area (TPSA) is 23.6 Å². The molecule has 3 nitrogen and oxygen atoms in total. The maximum Gasteiger partial charge on any atom is 0.239 e. The van der Waals surface area contributed by atoms with E-state index in [1.807, 2.05) is 4.90 Å². The summed E-state index contributed by atoms with van der Waals surface area (Å²) in [6.07, 6.45) is 2.27. The van der Waals surface area contributed by atoms with Crippen LogP contribution in [0.1, 0.15) is 19.8 Å². The van der Waals surface area contributed by atoms with Crippen LogP contribution in [0.4, 0.5) is 0 Å². The maximum atomic E-state index is 11.7. The van der Waals surface area contributed by atoms with E-state index in [9.17, 15) is 4.79 Å². The van der Waals surface area contributed by atoms with Crippen molar-refractivity contribution in [3.05, 3.63) is 0 Å². The quantitative estimate of drug-likeness (QED) is 0.592. The molecule has 2 aliphatic rings. The van der Waals surface area contributed by atoms with Gasteiger partial charge in [0, 0.05) is 19.6 Å². The predicted molar refractivity (Wildman–Crippen MR) is 46.8 cm³/mol. The van der Waals surface area contributed by atoms with Crippen LogP contribution in [-0.2, 0) is 4.79 Å². The highest BCUT2D eigenvalue weighted by molar-refractivity contribution is 5.83. The summed E-state index contributed by atoms with van der Waals surface area (Å²) in [7, 11) is 0.